The molecule has 2 aromatic carbocycles. The van der Waals surface area contributed by atoms with Crippen molar-refractivity contribution in [2.45, 2.75) is 64.5 Å². The molecular weight excluding hydrogens is 346 g/mol. The third kappa shape index (κ3) is 3.21. The first-order valence-electron chi connectivity index (χ1n) is 10.4. The highest BCUT2D eigenvalue weighted by atomic mass is 16.6. The van der Waals surface area contributed by atoms with E-state index < -0.39 is 5.60 Å². The highest BCUT2D eigenvalue weighted by Gasteiger charge is 2.50. The minimum Gasteiger partial charge on any atom is -0.444 e. The lowest BCUT2D eigenvalue weighted by atomic mass is 9.59. The van der Waals surface area contributed by atoms with Crippen LogP contribution in [0.3, 0.4) is 0 Å². The fraction of sp³-hybridized carbons (Fsp3) is 0.480. The van der Waals surface area contributed by atoms with E-state index in [0.717, 1.165) is 19.4 Å². The minimum atomic E-state index is -0.460. The summed E-state index contributed by atoms with van der Waals surface area (Å²) in [6, 6.07) is 17.7. The van der Waals surface area contributed by atoms with Gasteiger partial charge in [0.2, 0.25) is 0 Å². The van der Waals surface area contributed by atoms with Crippen molar-refractivity contribution in [3.05, 3.63) is 59.7 Å². The van der Waals surface area contributed by atoms with Gasteiger partial charge in [0, 0.05) is 12.6 Å². The maximum Gasteiger partial charge on any atom is 0.410 e. The van der Waals surface area contributed by atoms with E-state index in [-0.39, 0.29) is 17.6 Å². The first kappa shape index (κ1) is 19.0. The molecule has 1 heterocycles. The lowest BCUT2D eigenvalue weighted by Gasteiger charge is -2.54. The van der Waals surface area contributed by atoms with Gasteiger partial charge in [-0.1, -0.05) is 62.4 Å². The number of amides is 1. The Labute approximate surface area is 168 Å². The maximum atomic E-state index is 12.8. The third-order valence-electron chi connectivity index (χ3n) is 6.74. The number of carbonyl (C=O) groups is 1. The van der Waals surface area contributed by atoms with Crippen molar-refractivity contribution in [3.63, 3.8) is 0 Å². The van der Waals surface area contributed by atoms with Crippen LogP contribution in [0.1, 0.15) is 52.2 Å². The molecule has 0 saturated carbocycles. The summed E-state index contributed by atoms with van der Waals surface area (Å²) in [5.74, 6) is 0.396. The van der Waals surface area contributed by atoms with Gasteiger partial charge in [0.1, 0.15) is 5.60 Å². The second-order valence-electron chi connectivity index (χ2n) is 9.64. The summed E-state index contributed by atoms with van der Waals surface area (Å²) in [6.45, 7) is 11.2. The number of hydrogen-bond acceptors (Lipinski definition) is 2. The van der Waals surface area contributed by atoms with Crippen LogP contribution in [-0.4, -0.2) is 29.2 Å². The fourth-order valence-corrected chi connectivity index (χ4v) is 4.98. The van der Waals surface area contributed by atoms with Gasteiger partial charge in [-0.15, -0.1) is 0 Å². The van der Waals surface area contributed by atoms with Gasteiger partial charge in [-0.25, -0.2) is 4.79 Å². The van der Waals surface area contributed by atoms with E-state index in [4.69, 9.17) is 4.74 Å². The second kappa shape index (κ2) is 6.65. The van der Waals surface area contributed by atoms with Crippen molar-refractivity contribution < 1.29 is 9.53 Å². The van der Waals surface area contributed by atoms with Crippen LogP contribution in [0.5, 0.6) is 0 Å². The molecule has 1 aliphatic carbocycles. The molecule has 2 unspecified atom stereocenters. The number of rotatable bonds is 1. The van der Waals surface area contributed by atoms with Crippen LogP contribution >= 0.6 is 0 Å². The highest BCUT2D eigenvalue weighted by Crippen LogP contribution is 2.49. The van der Waals surface area contributed by atoms with Gasteiger partial charge in [0.25, 0.3) is 0 Å². The average molecular weight is 378 g/mol. The number of hydrogen-bond donors (Lipinski definition) is 0. The molecule has 3 atom stereocenters. The van der Waals surface area contributed by atoms with E-state index in [1.165, 1.54) is 22.3 Å². The molecule has 0 aromatic heterocycles. The first-order valence-corrected chi connectivity index (χ1v) is 10.4. The third-order valence-corrected chi connectivity index (χ3v) is 6.74. The van der Waals surface area contributed by atoms with Crippen LogP contribution in [-0.2, 0) is 16.6 Å². The first-order chi connectivity index (χ1) is 13.2. The molecule has 148 valence electrons. The minimum absolute atomic E-state index is 0.0849. The number of likely N-dealkylation sites (tertiary alicyclic amines) is 1. The Morgan fingerprint density at radius 2 is 1.82 bits per heavy atom. The molecule has 0 N–H and O–H groups in total. The molecule has 3 heteroatoms. The number of nitrogens with zero attached hydrogens (tertiary/aromatic N) is 1. The molecule has 2 aliphatic rings. The topological polar surface area (TPSA) is 29.5 Å². The molecule has 1 aliphatic heterocycles. The van der Waals surface area contributed by atoms with Crippen molar-refractivity contribution in [3.8, 4) is 11.1 Å². The molecule has 4 rings (SSSR count). The van der Waals surface area contributed by atoms with Crippen molar-refractivity contribution >= 4 is 6.09 Å². The molecule has 28 heavy (non-hydrogen) atoms. The van der Waals surface area contributed by atoms with Crippen LogP contribution in [0.15, 0.2) is 48.5 Å². The van der Waals surface area contributed by atoms with Gasteiger partial charge in [0.05, 0.1) is 0 Å². The summed E-state index contributed by atoms with van der Waals surface area (Å²) in [6.07, 6.45) is 1.70. The van der Waals surface area contributed by atoms with Crippen molar-refractivity contribution in [2.24, 2.45) is 5.92 Å². The number of carbonyl (C=O) groups excluding carboxylic acids is 1. The normalized spacial score (nSPS) is 26.5. The number of ether oxygens (including phenoxy) is 1. The smallest absolute Gasteiger partial charge is 0.410 e. The zero-order chi connectivity index (χ0) is 20.1. The van der Waals surface area contributed by atoms with E-state index in [0.29, 0.717) is 5.92 Å². The standard InChI is InChI=1S/C25H31NO2/c1-17-22-16-20-12-11-19(18-9-7-6-8-10-18)15-21(20)25(17,5)13-14-26(22)23(27)28-24(2,3)4/h6-12,15,17,22H,13-14,16H2,1-5H3/t17?,22?,25-/m1/s1. The summed E-state index contributed by atoms with van der Waals surface area (Å²) in [7, 11) is 0. The zero-order valence-corrected chi connectivity index (χ0v) is 17.7. The van der Waals surface area contributed by atoms with Crippen molar-refractivity contribution in [2.75, 3.05) is 6.54 Å². The Morgan fingerprint density at radius 3 is 2.50 bits per heavy atom. The molecule has 2 aromatic rings. The van der Waals surface area contributed by atoms with Gasteiger partial charge >= 0.3 is 6.09 Å². The molecular formula is C25H31NO2. The Morgan fingerprint density at radius 1 is 1.11 bits per heavy atom. The van der Waals surface area contributed by atoms with Gasteiger partial charge in [-0.3, -0.25) is 0 Å². The Hall–Kier alpha value is -2.29. The number of piperidine rings is 1. The van der Waals surface area contributed by atoms with Gasteiger partial charge in [-0.05, 0) is 67.2 Å². The van der Waals surface area contributed by atoms with Gasteiger partial charge in [0.15, 0.2) is 0 Å². The SMILES string of the molecule is CC1C2Cc3ccc(-c4ccccc4)cc3[C@]1(C)CCN2C(=O)OC(C)(C)C. The quantitative estimate of drug-likeness (QED) is 0.627. The van der Waals surface area contributed by atoms with Gasteiger partial charge in [-0.2, -0.15) is 0 Å². The number of benzene rings is 2. The Kier molecular flexibility index (Phi) is 4.52. The second-order valence-corrected chi connectivity index (χ2v) is 9.64. The summed E-state index contributed by atoms with van der Waals surface area (Å²) in [5.41, 5.74) is 5.00. The van der Waals surface area contributed by atoms with E-state index in [1.54, 1.807) is 0 Å². The predicted octanol–water partition coefficient (Wildman–Crippen LogP) is 5.81. The fourth-order valence-electron chi connectivity index (χ4n) is 4.98. The van der Waals surface area contributed by atoms with Crippen LogP contribution in [0.2, 0.25) is 0 Å². The van der Waals surface area contributed by atoms with E-state index in [2.05, 4.69) is 62.4 Å². The van der Waals surface area contributed by atoms with E-state index >= 15 is 0 Å². The molecule has 0 spiro atoms. The predicted molar refractivity (Wildman–Crippen MR) is 113 cm³/mol. The molecule has 1 fully saturated rings. The summed E-state index contributed by atoms with van der Waals surface area (Å²) >= 11 is 0. The molecule has 2 bridgehead atoms. The van der Waals surface area contributed by atoms with E-state index in [9.17, 15) is 4.79 Å². The van der Waals surface area contributed by atoms with Gasteiger partial charge < -0.3 is 9.64 Å². The monoisotopic (exact) mass is 377 g/mol. The Balaban J connectivity index is 1.69. The maximum absolute atomic E-state index is 12.8. The van der Waals surface area contributed by atoms with Crippen LogP contribution in [0, 0.1) is 5.92 Å². The number of fused-ring (bicyclic) bond motifs is 4. The molecule has 0 radical (unpaired) electrons. The Bertz CT molecular complexity index is 883. The molecule has 1 saturated heterocycles. The molecule has 1 amide bonds. The zero-order valence-electron chi connectivity index (χ0n) is 17.7. The highest BCUT2D eigenvalue weighted by molar-refractivity contribution is 5.70. The van der Waals surface area contributed by atoms with Crippen LogP contribution < -0.4 is 0 Å². The van der Waals surface area contributed by atoms with Crippen LogP contribution in [0.25, 0.3) is 11.1 Å². The van der Waals surface area contributed by atoms with Crippen molar-refractivity contribution in [1.29, 1.82) is 0 Å². The lowest BCUT2D eigenvalue weighted by Crippen LogP contribution is -2.60. The lowest BCUT2D eigenvalue weighted by molar-refractivity contribution is -0.0164. The average Bonchev–Trinajstić information content (AvgIpc) is 2.63. The molecule has 3 nitrogen and oxygen atoms in total. The summed E-state index contributed by atoms with van der Waals surface area (Å²) in [5, 5.41) is 0. The van der Waals surface area contributed by atoms with Crippen molar-refractivity contribution in [1.82, 2.24) is 4.90 Å². The summed E-state index contributed by atoms with van der Waals surface area (Å²) in [4.78, 5) is 14.8. The largest absolute Gasteiger partial charge is 0.444 e. The summed E-state index contributed by atoms with van der Waals surface area (Å²) < 4.78 is 5.70. The van der Waals surface area contributed by atoms with E-state index in [1.807, 2.05) is 25.7 Å². The van der Waals surface area contributed by atoms with Crippen LogP contribution in [0.4, 0.5) is 4.79 Å².